The molecule has 0 aromatic carbocycles. The van der Waals surface area contributed by atoms with Gasteiger partial charge in [0.15, 0.2) is 13.2 Å². The molecular formula is C8H18NO+. The molecule has 0 atom stereocenters. The molecule has 0 aliphatic carbocycles. The van der Waals surface area contributed by atoms with Crippen LogP contribution in [-0.2, 0) is 0 Å². The van der Waals surface area contributed by atoms with E-state index in [0.717, 1.165) is 26.3 Å². The smallest absolute Gasteiger partial charge is 0.157 e. The first-order chi connectivity index (χ1) is 4.61. The third kappa shape index (κ3) is 1.96. The van der Waals surface area contributed by atoms with Crippen molar-refractivity contribution in [3.63, 3.8) is 0 Å². The maximum absolute atomic E-state index is 4.30. The summed E-state index contributed by atoms with van der Waals surface area (Å²) >= 11 is 0. The van der Waals surface area contributed by atoms with Crippen molar-refractivity contribution >= 4 is 0 Å². The third-order valence-electron chi connectivity index (χ3n) is 2.00. The van der Waals surface area contributed by atoms with Gasteiger partial charge in [-0.25, -0.2) is 0 Å². The van der Waals surface area contributed by atoms with Gasteiger partial charge >= 0.3 is 0 Å². The van der Waals surface area contributed by atoms with Gasteiger partial charge in [0.25, 0.3) is 0 Å². The summed E-state index contributed by atoms with van der Waals surface area (Å²) in [5.74, 6) is 0. The predicted molar refractivity (Wildman–Crippen MR) is 43.3 cm³/mol. The van der Waals surface area contributed by atoms with E-state index in [9.17, 15) is 0 Å². The summed E-state index contributed by atoms with van der Waals surface area (Å²) in [7, 11) is 0. The molecule has 1 aliphatic rings. The molecule has 0 bridgehead atoms. The number of hydrogen-bond donors (Lipinski definition) is 0. The second kappa shape index (κ2) is 2.89. The Labute approximate surface area is 63.2 Å². The molecule has 1 rings (SSSR count). The molecule has 0 aromatic rings. The van der Waals surface area contributed by atoms with Crippen molar-refractivity contribution in [2.45, 2.75) is 26.3 Å². The molecule has 1 N–H and O–H groups in total. The molecule has 10 heavy (non-hydrogen) atoms. The van der Waals surface area contributed by atoms with Gasteiger partial charge < -0.3 is 4.74 Å². The van der Waals surface area contributed by atoms with Gasteiger partial charge in [-0.1, -0.05) is 0 Å². The van der Waals surface area contributed by atoms with Gasteiger partial charge in [0.1, 0.15) is 0 Å². The Morgan fingerprint density at radius 1 is 1.10 bits per heavy atom. The Kier molecular flexibility index (Phi) is 2.32. The molecule has 0 aromatic heterocycles. The largest absolute Gasteiger partial charge is 0.432 e. The van der Waals surface area contributed by atoms with Crippen LogP contribution >= 0.6 is 0 Å². The molecule has 2 nitrogen and oxygen atoms in total. The molecule has 0 saturated carbocycles. The van der Waals surface area contributed by atoms with Crippen LogP contribution in [0.5, 0.6) is 0 Å². The van der Waals surface area contributed by atoms with Gasteiger partial charge in [0, 0.05) is 5.54 Å². The lowest BCUT2D eigenvalue weighted by molar-refractivity contribution is -0.109. The van der Waals surface area contributed by atoms with Gasteiger partial charge in [-0.05, 0) is 20.8 Å². The van der Waals surface area contributed by atoms with Gasteiger partial charge in [-0.15, -0.1) is 0 Å². The number of hydrogen-bond acceptors (Lipinski definition) is 1. The lowest BCUT2D eigenvalue weighted by Crippen LogP contribution is -2.48. The summed E-state index contributed by atoms with van der Waals surface area (Å²) in [6.45, 7) is 11.1. The molecule has 1 saturated heterocycles. The molecule has 1 heterocycles. The maximum Gasteiger partial charge on any atom is 0.157 e. The van der Waals surface area contributed by atoms with Crippen molar-refractivity contribution in [2.24, 2.45) is 0 Å². The average molecular weight is 144 g/mol. The van der Waals surface area contributed by atoms with E-state index in [1.54, 1.807) is 0 Å². The number of morpholine rings is 1. The highest BCUT2D eigenvalue weighted by Gasteiger charge is 2.24. The van der Waals surface area contributed by atoms with Crippen molar-refractivity contribution in [3.05, 3.63) is 0 Å². The van der Waals surface area contributed by atoms with Crippen molar-refractivity contribution < 1.29 is 4.74 Å². The fraction of sp³-hybridized carbons (Fsp3) is 1.00. The SMILES string of the molecule is CC(C)(C)N1CC[OH+]CC1. The quantitative estimate of drug-likeness (QED) is 0.455. The summed E-state index contributed by atoms with van der Waals surface area (Å²) in [6, 6.07) is 0. The van der Waals surface area contributed by atoms with Crippen molar-refractivity contribution in [2.75, 3.05) is 26.3 Å². The van der Waals surface area contributed by atoms with E-state index in [4.69, 9.17) is 0 Å². The fourth-order valence-electron chi connectivity index (χ4n) is 1.28. The van der Waals surface area contributed by atoms with Crippen LogP contribution in [0.25, 0.3) is 0 Å². The van der Waals surface area contributed by atoms with Crippen LogP contribution in [0.4, 0.5) is 0 Å². The predicted octanol–water partition coefficient (Wildman–Crippen LogP) is 0.629. The molecule has 1 fully saturated rings. The molecule has 60 valence electrons. The lowest BCUT2D eigenvalue weighted by atomic mass is 10.1. The van der Waals surface area contributed by atoms with Crippen molar-refractivity contribution in [3.8, 4) is 0 Å². The molecule has 0 unspecified atom stereocenters. The Balaban J connectivity index is 2.39. The van der Waals surface area contributed by atoms with Gasteiger partial charge in [-0.2, -0.15) is 0 Å². The van der Waals surface area contributed by atoms with E-state index < -0.39 is 0 Å². The van der Waals surface area contributed by atoms with Crippen LogP contribution < -0.4 is 0 Å². The standard InChI is InChI=1S/C8H17NO/c1-8(2,3)9-4-6-10-7-5-9/h4-7H2,1-3H3/p+1. The normalized spacial score (nSPS) is 23.1. The van der Waals surface area contributed by atoms with Gasteiger partial charge in [0.05, 0.1) is 13.1 Å². The Morgan fingerprint density at radius 3 is 1.90 bits per heavy atom. The van der Waals surface area contributed by atoms with Crippen molar-refractivity contribution in [1.29, 1.82) is 0 Å². The fourth-order valence-corrected chi connectivity index (χ4v) is 1.28. The monoisotopic (exact) mass is 144 g/mol. The first-order valence-corrected chi connectivity index (χ1v) is 3.99. The van der Waals surface area contributed by atoms with Crippen LogP contribution in [0, 0.1) is 0 Å². The average Bonchev–Trinajstić information content (AvgIpc) is 1.88. The van der Waals surface area contributed by atoms with Gasteiger partial charge in [-0.3, -0.25) is 4.90 Å². The molecule has 0 radical (unpaired) electrons. The lowest BCUT2D eigenvalue weighted by Gasteiger charge is -2.36. The summed E-state index contributed by atoms with van der Waals surface area (Å²) < 4.78 is 4.30. The first-order valence-electron chi connectivity index (χ1n) is 3.99. The highest BCUT2D eigenvalue weighted by Crippen LogP contribution is 2.13. The van der Waals surface area contributed by atoms with E-state index in [0.29, 0.717) is 5.54 Å². The van der Waals surface area contributed by atoms with Crippen LogP contribution in [-0.4, -0.2) is 41.5 Å². The van der Waals surface area contributed by atoms with E-state index in [-0.39, 0.29) is 0 Å². The van der Waals surface area contributed by atoms with Crippen molar-refractivity contribution in [1.82, 2.24) is 4.90 Å². The summed E-state index contributed by atoms with van der Waals surface area (Å²) in [5.41, 5.74) is 0.343. The summed E-state index contributed by atoms with van der Waals surface area (Å²) in [5, 5.41) is 0. The van der Waals surface area contributed by atoms with E-state index in [1.165, 1.54) is 0 Å². The minimum absolute atomic E-state index is 0.343. The Morgan fingerprint density at radius 2 is 1.60 bits per heavy atom. The van der Waals surface area contributed by atoms with Crippen LogP contribution in [0.2, 0.25) is 0 Å². The second-order valence-electron chi connectivity index (χ2n) is 3.83. The Bertz CT molecular complexity index is 100. The zero-order valence-corrected chi connectivity index (χ0v) is 7.22. The van der Waals surface area contributed by atoms with E-state index in [2.05, 4.69) is 30.4 Å². The van der Waals surface area contributed by atoms with Crippen LogP contribution in [0.15, 0.2) is 0 Å². The number of rotatable bonds is 0. The summed E-state index contributed by atoms with van der Waals surface area (Å²) in [4.78, 5) is 2.49. The Hall–Kier alpha value is -0.0800. The highest BCUT2D eigenvalue weighted by molar-refractivity contribution is 4.77. The second-order valence-corrected chi connectivity index (χ2v) is 3.83. The maximum atomic E-state index is 4.30. The topological polar surface area (TPSA) is 16.0 Å². The van der Waals surface area contributed by atoms with Gasteiger partial charge in [0.2, 0.25) is 0 Å². The number of β-amino-alcohol motifs (C(OH)–C–C–N with tert-alkyl or cyclic N) is 1. The van der Waals surface area contributed by atoms with E-state index in [1.807, 2.05) is 0 Å². The zero-order valence-electron chi connectivity index (χ0n) is 7.22. The summed E-state index contributed by atoms with van der Waals surface area (Å²) in [6.07, 6.45) is 0. The molecule has 1 aliphatic heterocycles. The molecule has 0 spiro atoms. The highest BCUT2D eigenvalue weighted by atomic mass is 16.5. The van der Waals surface area contributed by atoms with Crippen LogP contribution in [0.1, 0.15) is 20.8 Å². The van der Waals surface area contributed by atoms with E-state index >= 15 is 0 Å². The molecule has 0 amide bonds. The molecule has 2 heteroatoms. The first kappa shape index (κ1) is 8.02. The molecular weight excluding hydrogens is 126 g/mol. The minimum atomic E-state index is 0.343. The zero-order chi connectivity index (χ0) is 7.61. The van der Waals surface area contributed by atoms with Crippen LogP contribution in [0.3, 0.4) is 0 Å². The number of nitrogens with zero attached hydrogens (tertiary/aromatic N) is 1. The third-order valence-corrected chi connectivity index (χ3v) is 2.00. The minimum Gasteiger partial charge on any atom is -0.432 e. The number of aliphatic hydroxyl groups is 2. The number of ether oxygens (including phenoxy) is 1.